The average molecular weight is 1650 g/mol. The molecule has 5 aliphatic carbocycles. The van der Waals surface area contributed by atoms with Crippen molar-refractivity contribution in [2.24, 2.45) is 61.9 Å². The van der Waals surface area contributed by atoms with Gasteiger partial charge in [0.2, 0.25) is 6.29 Å². The van der Waals surface area contributed by atoms with Gasteiger partial charge in [0.15, 0.2) is 49.9 Å². The highest BCUT2D eigenvalue weighted by Crippen LogP contribution is 2.76. The maximum Gasteiger partial charge on any atom is 0.333 e. The number of fused-ring (bicyclic) bond motifs is 7. The Morgan fingerprint density at radius 1 is 0.565 bits per heavy atom. The Bertz CT molecular complexity index is 3390. The minimum absolute atomic E-state index is 0.00184. The summed E-state index contributed by atoms with van der Waals surface area (Å²) in [5.74, 6) is -3.44. The largest absolute Gasteiger partial charge is 0.453 e. The van der Waals surface area contributed by atoms with Gasteiger partial charge < -0.3 is 169 Å². The van der Waals surface area contributed by atoms with Gasteiger partial charge in [-0.1, -0.05) is 79.2 Å². The lowest BCUT2D eigenvalue weighted by atomic mass is 9.33. The van der Waals surface area contributed by atoms with Crippen LogP contribution in [-0.4, -0.2) is 352 Å². The Hall–Kier alpha value is -3.12. The topological polar surface area (TPSA) is 563 Å². The summed E-state index contributed by atoms with van der Waals surface area (Å²) in [6.07, 6.45) is -41.2. The van der Waals surface area contributed by atoms with Crippen LogP contribution in [0.2, 0.25) is 0 Å². The molecule has 658 valence electrons. The summed E-state index contributed by atoms with van der Waals surface area (Å²) in [6.45, 7) is 19.3. The highest BCUT2D eigenvalue weighted by Gasteiger charge is 2.73. The van der Waals surface area contributed by atoms with Crippen LogP contribution in [0.5, 0.6) is 0 Å². The molecule has 7 saturated heterocycles. The van der Waals surface area contributed by atoms with Gasteiger partial charge in [-0.2, -0.15) is 0 Å². The second-order valence-electron chi connectivity index (χ2n) is 36.9. The van der Waals surface area contributed by atoms with Crippen molar-refractivity contribution in [3.8, 4) is 0 Å². The van der Waals surface area contributed by atoms with Crippen LogP contribution >= 0.6 is 0 Å². The standard InChI is InChI=1S/C79H127NO35/c1-12-75(8,100)19-13-14-33(2)64(98)110-61-53(92)41(26-81)106-71(63(61)114-69-57(96)55(94)60(42(27-82)107-69)112-68-58(97)59(40(86)31-103-68)111-66-49(88)34(3)37(83)28-101-66)115-72(99)79-23-22-73(4,5)24-36(79)35-15-16-45-76(9)20-18-47(74(6,7)44(76)17-21-77(45,10)78(35,11)25-46(79)87)109-65-48(80)54(93)52(91)43(108-65)32-105-70-62(51(90)39(85)30-104-70)113-67-56(95)50(89)38(84)29-102-67/h12,14-15,34,36-63,65-71,81-97,100H,1,13,16-32,80H2,2-11H3/b33-14+. The van der Waals surface area contributed by atoms with E-state index in [1.54, 1.807) is 6.92 Å². The number of aliphatic hydroxyl groups excluding tert-OH is 17. The van der Waals surface area contributed by atoms with Gasteiger partial charge in [-0.05, 0) is 129 Å². The number of carbonyl (C=O) groups excluding carboxylic acids is 2. The lowest BCUT2D eigenvalue weighted by Crippen LogP contribution is -2.69. The monoisotopic (exact) mass is 1650 g/mol. The SMILES string of the molecule is C=CC(C)(O)CC/C=C(\C)C(=O)OC1C(O)C(CO)OC(OC(=O)C23CCC(C)(C)CC2C2=CCC4C5(C)CCC(OC6OC(COC7OCC(O)C(O)C7OC7OCC(O)C(O)C7O)C(O)C(O)C6N)C(C)(C)C5CCC4(C)C2(C)CC3O)C1OC1OC(CO)C(OC2OCC(O)C(OC3OCC(O)C(C)C3O)C2O)C(O)C1O. The predicted octanol–water partition coefficient (Wildman–Crippen LogP) is -3.58. The summed E-state index contributed by atoms with van der Waals surface area (Å²) in [6, 6.07) is -1.24. The molecule has 7 heterocycles. The van der Waals surface area contributed by atoms with Gasteiger partial charge in [-0.15, -0.1) is 6.58 Å². The van der Waals surface area contributed by atoms with E-state index in [0.29, 0.717) is 44.9 Å². The summed E-state index contributed by atoms with van der Waals surface area (Å²) in [7, 11) is 0. The molecule has 36 nitrogen and oxygen atoms in total. The molecule has 12 aliphatic rings. The molecule has 4 saturated carbocycles. The lowest BCUT2D eigenvalue weighted by Gasteiger charge is -2.72. The number of rotatable bonds is 23. The molecule has 20 N–H and O–H groups in total. The van der Waals surface area contributed by atoms with Crippen LogP contribution in [0.25, 0.3) is 0 Å². The van der Waals surface area contributed by atoms with Crippen molar-refractivity contribution < 1.29 is 173 Å². The molecule has 36 heteroatoms. The summed E-state index contributed by atoms with van der Waals surface area (Å²) < 4.78 is 90.7. The van der Waals surface area contributed by atoms with Crippen molar-refractivity contribution in [2.75, 3.05) is 46.2 Å². The van der Waals surface area contributed by atoms with Crippen LogP contribution in [0.1, 0.15) is 140 Å². The molecule has 0 amide bonds. The van der Waals surface area contributed by atoms with E-state index in [1.165, 1.54) is 26.0 Å². The van der Waals surface area contributed by atoms with Gasteiger partial charge in [0.1, 0.15) is 121 Å². The Morgan fingerprint density at radius 3 is 1.82 bits per heavy atom. The first-order chi connectivity index (χ1) is 53.9. The van der Waals surface area contributed by atoms with E-state index >= 15 is 4.79 Å². The minimum atomic E-state index is -2.21. The van der Waals surface area contributed by atoms with Gasteiger partial charge in [0, 0.05) is 11.5 Å². The summed E-state index contributed by atoms with van der Waals surface area (Å²) in [5, 5.41) is 201. The number of allylic oxidation sites excluding steroid dienone is 3. The third kappa shape index (κ3) is 17.1. The molecular weight excluding hydrogens is 1520 g/mol. The zero-order valence-electron chi connectivity index (χ0n) is 67.0. The summed E-state index contributed by atoms with van der Waals surface area (Å²) in [5.41, 5.74) is 1.88. The van der Waals surface area contributed by atoms with Crippen LogP contribution < -0.4 is 5.73 Å². The molecule has 12 rings (SSSR count). The molecule has 115 heavy (non-hydrogen) atoms. The number of nitrogens with two attached hydrogens (primary N) is 1. The van der Waals surface area contributed by atoms with Crippen molar-refractivity contribution in [1.82, 2.24) is 0 Å². The fourth-order valence-electron chi connectivity index (χ4n) is 21.1. The Kier molecular flexibility index (Phi) is 27.9. The zero-order valence-corrected chi connectivity index (χ0v) is 67.0. The predicted molar refractivity (Wildman–Crippen MR) is 391 cm³/mol. The van der Waals surface area contributed by atoms with Crippen LogP contribution in [-0.2, 0) is 80.6 Å². The highest BCUT2D eigenvalue weighted by molar-refractivity contribution is 5.88. The third-order valence-electron chi connectivity index (χ3n) is 28.8. The van der Waals surface area contributed by atoms with E-state index in [9.17, 15) is 96.7 Å². The number of esters is 2. The molecule has 41 atom stereocenters. The number of ether oxygens (including phenoxy) is 15. The quantitative estimate of drug-likeness (QED) is 0.0204. The maximum absolute atomic E-state index is 16.2. The second kappa shape index (κ2) is 35.2. The molecule has 41 unspecified atom stereocenters. The van der Waals surface area contributed by atoms with Crippen LogP contribution in [0.3, 0.4) is 0 Å². The molecule has 0 bridgehead atoms. The Balaban J connectivity index is 0.779. The number of aliphatic hydroxyl groups is 18. The van der Waals surface area contributed by atoms with Crippen LogP contribution in [0.4, 0.5) is 0 Å². The molecule has 7 aliphatic heterocycles. The van der Waals surface area contributed by atoms with Crippen molar-refractivity contribution in [3.05, 3.63) is 36.0 Å². The van der Waals surface area contributed by atoms with E-state index < -0.39 is 293 Å². The third-order valence-corrected chi connectivity index (χ3v) is 28.8. The van der Waals surface area contributed by atoms with Gasteiger partial charge in [-0.3, -0.25) is 4.79 Å². The van der Waals surface area contributed by atoms with Gasteiger partial charge in [0.25, 0.3) is 0 Å². The molecular formula is C79H127NO35. The number of hydrogen-bond acceptors (Lipinski definition) is 36. The van der Waals surface area contributed by atoms with E-state index in [2.05, 4.69) is 61.1 Å². The molecule has 0 aromatic rings. The van der Waals surface area contributed by atoms with Gasteiger partial charge in [0.05, 0.1) is 76.2 Å². The number of hydrogen-bond donors (Lipinski definition) is 19. The molecule has 0 aromatic carbocycles. The van der Waals surface area contributed by atoms with E-state index in [-0.39, 0.29) is 55.1 Å². The lowest BCUT2D eigenvalue weighted by molar-refractivity contribution is -0.382. The number of carbonyl (C=O) groups is 2. The highest BCUT2D eigenvalue weighted by atomic mass is 16.8. The van der Waals surface area contributed by atoms with E-state index in [0.717, 1.165) is 5.57 Å². The smallest absolute Gasteiger partial charge is 0.333 e. The Labute approximate surface area is 668 Å². The van der Waals surface area contributed by atoms with Gasteiger partial charge in [-0.25, -0.2) is 4.79 Å². The van der Waals surface area contributed by atoms with Crippen LogP contribution in [0, 0.1) is 56.2 Å². The minimum Gasteiger partial charge on any atom is -0.453 e. The van der Waals surface area contributed by atoms with Crippen molar-refractivity contribution >= 4 is 11.9 Å². The molecule has 0 spiro atoms. The van der Waals surface area contributed by atoms with Crippen LogP contribution in [0.15, 0.2) is 36.0 Å². The first-order valence-electron chi connectivity index (χ1n) is 40.6. The summed E-state index contributed by atoms with van der Waals surface area (Å²) in [4.78, 5) is 30.5. The van der Waals surface area contributed by atoms with Gasteiger partial charge >= 0.3 is 11.9 Å². The normalized spacial score (nSPS) is 50.5. The average Bonchev–Trinajstić information content (AvgIpc) is 0.668. The first-order valence-corrected chi connectivity index (χ1v) is 40.6. The fraction of sp³-hybridized carbons (Fsp3) is 0.899. The fourth-order valence-corrected chi connectivity index (χ4v) is 21.1. The molecule has 0 aromatic heterocycles. The van der Waals surface area contributed by atoms with Crippen molar-refractivity contribution in [1.29, 1.82) is 0 Å². The van der Waals surface area contributed by atoms with E-state index in [4.69, 9.17) is 76.8 Å². The molecule has 11 fully saturated rings. The second-order valence-corrected chi connectivity index (χ2v) is 36.9. The Morgan fingerprint density at radius 2 is 1.15 bits per heavy atom. The zero-order chi connectivity index (χ0) is 84.0. The van der Waals surface area contributed by atoms with E-state index in [1.807, 2.05) is 0 Å². The first kappa shape index (κ1) is 91.1. The maximum atomic E-state index is 16.2. The summed E-state index contributed by atoms with van der Waals surface area (Å²) >= 11 is 0. The van der Waals surface area contributed by atoms with Crippen molar-refractivity contribution in [2.45, 2.75) is 342 Å². The molecule has 0 radical (unpaired) electrons. The van der Waals surface area contributed by atoms with Crippen molar-refractivity contribution in [3.63, 3.8) is 0 Å².